The van der Waals surface area contributed by atoms with E-state index in [0.29, 0.717) is 6.61 Å². The molecular weight excluding hydrogens is 413 g/mol. The van der Waals surface area contributed by atoms with Gasteiger partial charge in [-0.2, -0.15) is 0 Å². The Morgan fingerprint density at radius 2 is 1.43 bits per heavy atom. The van der Waals surface area contributed by atoms with E-state index >= 15 is 0 Å². The van der Waals surface area contributed by atoms with Crippen molar-refractivity contribution >= 4 is 34.1 Å². The molecule has 0 spiro atoms. The number of pyridine rings is 1. The molecule has 3 aromatic carbocycles. The Kier molecular flexibility index (Phi) is 6.56. The smallest absolute Gasteiger partial charge is 0.120 e. The highest BCUT2D eigenvalue weighted by Crippen LogP contribution is 2.25. The molecule has 0 amide bonds. The van der Waals surface area contributed by atoms with Crippen molar-refractivity contribution in [1.29, 1.82) is 0 Å². The van der Waals surface area contributed by atoms with Crippen molar-refractivity contribution in [1.82, 2.24) is 4.98 Å². The molecule has 0 aliphatic heterocycles. The van der Waals surface area contributed by atoms with Crippen LogP contribution in [0.1, 0.15) is 29.3 Å². The first-order valence-electron chi connectivity index (χ1n) is 10.1. The number of aryl methyl sites for hydroxylation is 2. The van der Waals surface area contributed by atoms with Crippen molar-refractivity contribution in [3.8, 4) is 5.75 Å². The van der Waals surface area contributed by atoms with E-state index in [-0.39, 0.29) is 0 Å². The molecule has 0 fully saturated rings. The third-order valence-electron chi connectivity index (χ3n) is 5.14. The van der Waals surface area contributed by atoms with Gasteiger partial charge in [-0.05, 0) is 91.4 Å². The third-order valence-corrected chi connectivity index (χ3v) is 5.64. The van der Waals surface area contributed by atoms with E-state index in [4.69, 9.17) is 32.9 Å². The summed E-state index contributed by atoms with van der Waals surface area (Å²) in [6, 6.07) is 24.4. The predicted molar refractivity (Wildman–Crippen MR) is 126 cm³/mol. The summed E-state index contributed by atoms with van der Waals surface area (Å²) in [5.74, 6) is 0.873. The third kappa shape index (κ3) is 5.13. The van der Waals surface area contributed by atoms with Crippen molar-refractivity contribution in [2.24, 2.45) is 0 Å². The largest absolute Gasteiger partial charge is 0.494 e. The van der Waals surface area contributed by atoms with Crippen LogP contribution in [0.4, 0.5) is 0 Å². The van der Waals surface area contributed by atoms with E-state index in [0.717, 1.165) is 51.7 Å². The molecule has 4 rings (SSSR count). The number of halogens is 2. The first kappa shape index (κ1) is 20.7. The van der Waals surface area contributed by atoms with Crippen LogP contribution in [0.15, 0.2) is 72.8 Å². The van der Waals surface area contributed by atoms with E-state index in [1.165, 1.54) is 16.7 Å². The van der Waals surface area contributed by atoms with Crippen LogP contribution >= 0.6 is 23.2 Å². The number of hydrogen-bond donors (Lipinski definition) is 0. The van der Waals surface area contributed by atoms with Crippen LogP contribution in [-0.2, 0) is 19.3 Å². The van der Waals surface area contributed by atoms with Crippen LogP contribution < -0.4 is 4.74 Å². The van der Waals surface area contributed by atoms with E-state index < -0.39 is 0 Å². The highest BCUT2D eigenvalue weighted by molar-refractivity contribution is 6.30. The fourth-order valence-corrected chi connectivity index (χ4v) is 3.85. The van der Waals surface area contributed by atoms with Crippen molar-refractivity contribution < 1.29 is 4.74 Å². The number of hydrogen-bond acceptors (Lipinski definition) is 2. The number of aromatic nitrogens is 1. The maximum Gasteiger partial charge on any atom is 0.120 e. The minimum absolute atomic E-state index is 0.649. The maximum atomic E-state index is 6.06. The van der Waals surface area contributed by atoms with Crippen molar-refractivity contribution in [3.63, 3.8) is 0 Å². The monoisotopic (exact) mass is 435 g/mol. The zero-order valence-electron chi connectivity index (χ0n) is 16.9. The van der Waals surface area contributed by atoms with Crippen molar-refractivity contribution in [2.75, 3.05) is 6.61 Å². The van der Waals surface area contributed by atoms with Crippen LogP contribution in [0.3, 0.4) is 0 Å². The molecule has 2 nitrogen and oxygen atoms in total. The lowest BCUT2D eigenvalue weighted by Gasteiger charge is -2.13. The molecule has 0 bridgehead atoms. The Balaban J connectivity index is 1.68. The number of fused-ring (bicyclic) bond motifs is 1. The minimum atomic E-state index is 0.649. The van der Waals surface area contributed by atoms with Crippen molar-refractivity contribution in [2.45, 2.75) is 26.2 Å². The quantitative estimate of drug-likeness (QED) is 0.303. The maximum absolute atomic E-state index is 6.06. The Hall–Kier alpha value is -2.55. The molecule has 30 heavy (non-hydrogen) atoms. The fraction of sp³-hybridized carbons (Fsp3) is 0.192. The van der Waals surface area contributed by atoms with Crippen LogP contribution in [-0.4, -0.2) is 11.6 Å². The zero-order chi connectivity index (χ0) is 20.9. The highest BCUT2D eigenvalue weighted by atomic mass is 35.5. The standard InChI is InChI=1S/C26H23Cl2NO/c1-2-30-24-12-14-26-21(17-24)16-20(15-19-5-10-23(28)11-6-19)25(29-26)13-7-18-3-8-22(27)9-4-18/h3-6,8-12,14,16-17H,2,7,13,15H2,1H3. The minimum Gasteiger partial charge on any atom is -0.494 e. The molecule has 0 saturated heterocycles. The Morgan fingerprint density at radius 1 is 0.767 bits per heavy atom. The normalized spacial score (nSPS) is 11.0. The summed E-state index contributed by atoms with van der Waals surface area (Å²) >= 11 is 12.1. The summed E-state index contributed by atoms with van der Waals surface area (Å²) in [6.07, 6.45) is 2.60. The summed E-state index contributed by atoms with van der Waals surface area (Å²) < 4.78 is 5.68. The summed E-state index contributed by atoms with van der Waals surface area (Å²) in [7, 11) is 0. The second-order valence-electron chi connectivity index (χ2n) is 7.31. The van der Waals surface area contributed by atoms with Gasteiger partial charge in [0.1, 0.15) is 5.75 Å². The topological polar surface area (TPSA) is 22.1 Å². The van der Waals surface area contributed by atoms with Gasteiger partial charge in [0.15, 0.2) is 0 Å². The molecule has 0 aliphatic rings. The molecular formula is C26H23Cl2NO. The number of nitrogens with zero attached hydrogens (tertiary/aromatic N) is 1. The lowest BCUT2D eigenvalue weighted by atomic mass is 9.97. The molecule has 0 N–H and O–H groups in total. The first-order chi connectivity index (χ1) is 14.6. The van der Waals surface area contributed by atoms with Gasteiger partial charge in [-0.25, -0.2) is 0 Å². The van der Waals surface area contributed by atoms with E-state index in [1.54, 1.807) is 0 Å². The SMILES string of the molecule is CCOc1ccc2nc(CCc3ccc(Cl)cc3)c(Cc3ccc(Cl)cc3)cc2c1. The van der Waals surface area contributed by atoms with Gasteiger partial charge in [-0.3, -0.25) is 4.98 Å². The first-order valence-corrected chi connectivity index (χ1v) is 10.9. The van der Waals surface area contributed by atoms with E-state index in [2.05, 4.69) is 36.4 Å². The average Bonchev–Trinajstić information content (AvgIpc) is 2.75. The molecule has 0 saturated carbocycles. The van der Waals surface area contributed by atoms with Crippen LogP contribution in [0.5, 0.6) is 5.75 Å². The lowest BCUT2D eigenvalue weighted by molar-refractivity contribution is 0.340. The second kappa shape index (κ2) is 9.51. The molecule has 152 valence electrons. The summed E-state index contributed by atoms with van der Waals surface area (Å²) in [6.45, 7) is 2.64. The van der Waals surface area contributed by atoms with Crippen LogP contribution in [0.2, 0.25) is 10.0 Å². The van der Waals surface area contributed by atoms with Gasteiger partial charge in [0, 0.05) is 21.1 Å². The molecule has 0 atom stereocenters. The Bertz CT molecular complexity index is 1140. The van der Waals surface area contributed by atoms with Gasteiger partial charge in [0.05, 0.1) is 12.1 Å². The summed E-state index contributed by atoms with van der Waals surface area (Å²) in [5, 5.41) is 2.61. The van der Waals surface area contributed by atoms with Gasteiger partial charge < -0.3 is 4.74 Å². The second-order valence-corrected chi connectivity index (χ2v) is 8.18. The number of benzene rings is 3. The average molecular weight is 436 g/mol. The Morgan fingerprint density at radius 3 is 2.10 bits per heavy atom. The summed E-state index contributed by atoms with van der Waals surface area (Å²) in [5.41, 5.74) is 5.81. The number of rotatable bonds is 7. The van der Waals surface area contributed by atoms with Gasteiger partial charge >= 0.3 is 0 Å². The molecule has 4 heteroatoms. The van der Waals surface area contributed by atoms with E-state index in [1.807, 2.05) is 43.3 Å². The Labute approximate surface area is 187 Å². The predicted octanol–water partition coefficient (Wildman–Crippen LogP) is 7.32. The number of ether oxygens (including phenoxy) is 1. The molecule has 1 heterocycles. The lowest BCUT2D eigenvalue weighted by Crippen LogP contribution is -2.03. The zero-order valence-corrected chi connectivity index (χ0v) is 18.4. The molecule has 4 aromatic rings. The van der Waals surface area contributed by atoms with Crippen LogP contribution in [0, 0.1) is 0 Å². The van der Waals surface area contributed by atoms with Crippen LogP contribution in [0.25, 0.3) is 10.9 Å². The molecule has 0 unspecified atom stereocenters. The summed E-state index contributed by atoms with van der Waals surface area (Å²) in [4.78, 5) is 5.02. The molecule has 0 radical (unpaired) electrons. The van der Waals surface area contributed by atoms with E-state index in [9.17, 15) is 0 Å². The molecule has 0 aliphatic carbocycles. The van der Waals surface area contributed by atoms with Gasteiger partial charge in [-0.1, -0.05) is 47.5 Å². The van der Waals surface area contributed by atoms with Crippen molar-refractivity contribution in [3.05, 3.63) is 105 Å². The fourth-order valence-electron chi connectivity index (χ4n) is 3.60. The molecule has 1 aromatic heterocycles. The van der Waals surface area contributed by atoms with Gasteiger partial charge in [0.2, 0.25) is 0 Å². The highest BCUT2D eigenvalue weighted by Gasteiger charge is 2.10. The van der Waals surface area contributed by atoms with Gasteiger partial charge in [-0.15, -0.1) is 0 Å². The van der Waals surface area contributed by atoms with Gasteiger partial charge in [0.25, 0.3) is 0 Å².